The van der Waals surface area contributed by atoms with Crippen molar-refractivity contribution in [2.75, 3.05) is 6.61 Å². The standard InChI is InChI=1S/C19H24N2O3S/c1-5-15(6-2)21-17(23)11-24-16-9-7-14(8-10-16)19-20-12(3)18(25-19)13(4)22/h7-10,15H,5-6,11H2,1-4H3,(H,21,23). The SMILES string of the molecule is CCC(CC)NC(=O)COc1ccc(-c2nc(C)c(C(C)=O)s2)cc1. The first kappa shape index (κ1) is 19.1. The van der Waals surface area contributed by atoms with E-state index in [0.717, 1.165) is 29.1 Å². The molecule has 0 spiro atoms. The summed E-state index contributed by atoms with van der Waals surface area (Å²) in [5.74, 6) is 0.549. The van der Waals surface area contributed by atoms with E-state index in [-0.39, 0.29) is 24.3 Å². The molecule has 2 rings (SSSR count). The second-order valence-electron chi connectivity index (χ2n) is 5.88. The summed E-state index contributed by atoms with van der Waals surface area (Å²) in [4.78, 5) is 28.5. The second kappa shape index (κ2) is 8.76. The van der Waals surface area contributed by atoms with Gasteiger partial charge in [0.25, 0.3) is 5.91 Å². The van der Waals surface area contributed by atoms with Crippen LogP contribution < -0.4 is 10.1 Å². The fourth-order valence-corrected chi connectivity index (χ4v) is 3.42. The molecule has 0 aliphatic heterocycles. The minimum Gasteiger partial charge on any atom is -0.484 e. The molecular formula is C19H24N2O3S. The Morgan fingerprint density at radius 2 is 1.84 bits per heavy atom. The Balaban J connectivity index is 1.97. The summed E-state index contributed by atoms with van der Waals surface area (Å²) in [5.41, 5.74) is 1.68. The van der Waals surface area contributed by atoms with Crippen molar-refractivity contribution in [3.8, 4) is 16.3 Å². The molecule has 1 N–H and O–H groups in total. The molecule has 1 amide bonds. The van der Waals surface area contributed by atoms with Crippen LogP contribution in [0.4, 0.5) is 0 Å². The van der Waals surface area contributed by atoms with Crippen LogP contribution in [-0.2, 0) is 4.79 Å². The number of aromatic nitrogens is 1. The van der Waals surface area contributed by atoms with Gasteiger partial charge in [-0.2, -0.15) is 0 Å². The van der Waals surface area contributed by atoms with E-state index in [9.17, 15) is 9.59 Å². The highest BCUT2D eigenvalue weighted by Gasteiger charge is 2.13. The Hall–Kier alpha value is -2.21. The van der Waals surface area contributed by atoms with Crippen LogP contribution in [0.15, 0.2) is 24.3 Å². The maximum Gasteiger partial charge on any atom is 0.258 e. The van der Waals surface area contributed by atoms with Crippen molar-refractivity contribution >= 4 is 23.0 Å². The third-order valence-electron chi connectivity index (χ3n) is 3.94. The van der Waals surface area contributed by atoms with Crippen molar-refractivity contribution in [1.29, 1.82) is 0 Å². The smallest absolute Gasteiger partial charge is 0.258 e. The maximum atomic E-state index is 11.9. The molecule has 0 saturated heterocycles. The van der Waals surface area contributed by atoms with Crippen molar-refractivity contribution in [2.24, 2.45) is 0 Å². The number of hydrogen-bond donors (Lipinski definition) is 1. The number of aryl methyl sites for hydroxylation is 1. The molecular weight excluding hydrogens is 336 g/mol. The lowest BCUT2D eigenvalue weighted by Gasteiger charge is -2.15. The normalized spacial score (nSPS) is 10.8. The molecule has 25 heavy (non-hydrogen) atoms. The number of carbonyl (C=O) groups excluding carboxylic acids is 2. The molecule has 0 bridgehead atoms. The molecule has 0 aliphatic carbocycles. The van der Waals surface area contributed by atoms with E-state index >= 15 is 0 Å². The van der Waals surface area contributed by atoms with Gasteiger partial charge in [-0.05, 0) is 44.0 Å². The number of ether oxygens (including phenoxy) is 1. The Morgan fingerprint density at radius 1 is 1.20 bits per heavy atom. The first-order chi connectivity index (χ1) is 11.9. The molecule has 1 aromatic carbocycles. The summed E-state index contributed by atoms with van der Waals surface area (Å²) < 4.78 is 5.53. The fraction of sp³-hybridized carbons (Fsp3) is 0.421. The lowest BCUT2D eigenvalue weighted by Crippen LogP contribution is -2.37. The fourth-order valence-electron chi connectivity index (χ4n) is 2.45. The van der Waals surface area contributed by atoms with Gasteiger partial charge in [-0.3, -0.25) is 9.59 Å². The predicted octanol–water partition coefficient (Wildman–Crippen LogP) is 4.00. The number of Topliss-reactive ketones (excluding diaryl/α,β-unsaturated/α-hetero) is 1. The summed E-state index contributed by atoms with van der Waals surface area (Å²) in [6, 6.07) is 7.59. The zero-order valence-electron chi connectivity index (χ0n) is 15.1. The average molecular weight is 360 g/mol. The number of benzene rings is 1. The van der Waals surface area contributed by atoms with E-state index in [1.165, 1.54) is 11.3 Å². The minimum absolute atomic E-state index is 0.000686. The van der Waals surface area contributed by atoms with Gasteiger partial charge < -0.3 is 10.1 Å². The summed E-state index contributed by atoms with van der Waals surface area (Å²) in [5, 5.41) is 3.75. The van der Waals surface area contributed by atoms with E-state index in [2.05, 4.69) is 10.3 Å². The molecule has 0 atom stereocenters. The van der Waals surface area contributed by atoms with Crippen LogP contribution in [0.5, 0.6) is 5.75 Å². The zero-order valence-corrected chi connectivity index (χ0v) is 15.9. The van der Waals surface area contributed by atoms with Crippen molar-refractivity contribution in [2.45, 2.75) is 46.6 Å². The number of nitrogens with one attached hydrogen (secondary N) is 1. The number of ketones is 1. The van der Waals surface area contributed by atoms with E-state index in [1.54, 1.807) is 6.92 Å². The molecule has 0 aliphatic rings. The molecule has 0 fully saturated rings. The van der Waals surface area contributed by atoms with Crippen molar-refractivity contribution < 1.29 is 14.3 Å². The second-order valence-corrected chi connectivity index (χ2v) is 6.88. The van der Waals surface area contributed by atoms with E-state index in [1.807, 2.05) is 45.0 Å². The largest absolute Gasteiger partial charge is 0.484 e. The Bertz CT molecular complexity index is 734. The molecule has 1 heterocycles. The Labute approximate surface area is 152 Å². The topological polar surface area (TPSA) is 68.3 Å². The van der Waals surface area contributed by atoms with Crippen LogP contribution in [0.1, 0.15) is 49.0 Å². The summed E-state index contributed by atoms with van der Waals surface area (Å²) in [6.45, 7) is 7.49. The molecule has 5 nitrogen and oxygen atoms in total. The Morgan fingerprint density at radius 3 is 2.36 bits per heavy atom. The predicted molar refractivity (Wildman–Crippen MR) is 100 cm³/mol. The summed E-state index contributed by atoms with van der Waals surface area (Å²) in [6.07, 6.45) is 1.82. The number of carbonyl (C=O) groups is 2. The molecule has 0 saturated carbocycles. The van der Waals surface area contributed by atoms with Crippen LogP contribution >= 0.6 is 11.3 Å². The average Bonchev–Trinajstić information content (AvgIpc) is 3.00. The van der Waals surface area contributed by atoms with Crippen LogP contribution in [0.3, 0.4) is 0 Å². The molecule has 134 valence electrons. The maximum absolute atomic E-state index is 11.9. The molecule has 6 heteroatoms. The highest BCUT2D eigenvalue weighted by Crippen LogP contribution is 2.29. The van der Waals surface area contributed by atoms with Gasteiger partial charge in [0.1, 0.15) is 10.8 Å². The number of thiazole rings is 1. The van der Waals surface area contributed by atoms with E-state index in [0.29, 0.717) is 10.6 Å². The van der Waals surface area contributed by atoms with Crippen LogP contribution in [0.25, 0.3) is 10.6 Å². The third-order valence-corrected chi connectivity index (χ3v) is 5.25. The number of amides is 1. The van der Waals surface area contributed by atoms with Gasteiger partial charge in [-0.1, -0.05) is 13.8 Å². The quantitative estimate of drug-likeness (QED) is 0.722. The number of nitrogens with zero attached hydrogens (tertiary/aromatic N) is 1. The summed E-state index contributed by atoms with van der Waals surface area (Å²) >= 11 is 1.39. The van der Waals surface area contributed by atoms with Crippen LogP contribution in [0, 0.1) is 6.92 Å². The lowest BCUT2D eigenvalue weighted by atomic mass is 10.2. The first-order valence-corrected chi connectivity index (χ1v) is 9.27. The van der Waals surface area contributed by atoms with Gasteiger partial charge in [-0.25, -0.2) is 4.98 Å². The number of rotatable bonds is 8. The summed E-state index contributed by atoms with van der Waals surface area (Å²) in [7, 11) is 0. The van der Waals surface area contributed by atoms with Crippen molar-refractivity contribution in [3.05, 3.63) is 34.8 Å². The number of hydrogen-bond acceptors (Lipinski definition) is 5. The first-order valence-electron chi connectivity index (χ1n) is 8.45. The highest BCUT2D eigenvalue weighted by atomic mass is 32.1. The minimum atomic E-state index is -0.112. The van der Waals surface area contributed by atoms with Gasteiger partial charge >= 0.3 is 0 Å². The van der Waals surface area contributed by atoms with Gasteiger partial charge in [0.15, 0.2) is 12.4 Å². The van der Waals surface area contributed by atoms with Gasteiger partial charge in [0.05, 0.1) is 10.6 Å². The Kier molecular flexibility index (Phi) is 6.70. The molecule has 0 unspecified atom stereocenters. The monoisotopic (exact) mass is 360 g/mol. The van der Waals surface area contributed by atoms with Gasteiger partial charge in [0, 0.05) is 18.5 Å². The van der Waals surface area contributed by atoms with Crippen molar-refractivity contribution in [3.63, 3.8) is 0 Å². The van der Waals surface area contributed by atoms with E-state index in [4.69, 9.17) is 4.74 Å². The van der Waals surface area contributed by atoms with Gasteiger partial charge in [-0.15, -0.1) is 11.3 Å². The molecule has 0 radical (unpaired) electrons. The molecule has 1 aromatic heterocycles. The zero-order chi connectivity index (χ0) is 18.4. The lowest BCUT2D eigenvalue weighted by molar-refractivity contribution is -0.123. The van der Waals surface area contributed by atoms with Crippen LogP contribution in [0.2, 0.25) is 0 Å². The molecule has 2 aromatic rings. The third kappa shape index (κ3) is 5.13. The van der Waals surface area contributed by atoms with Crippen LogP contribution in [-0.4, -0.2) is 29.3 Å². The van der Waals surface area contributed by atoms with Gasteiger partial charge in [0.2, 0.25) is 0 Å². The van der Waals surface area contributed by atoms with Crippen molar-refractivity contribution in [1.82, 2.24) is 10.3 Å². The highest BCUT2D eigenvalue weighted by molar-refractivity contribution is 7.17. The van der Waals surface area contributed by atoms with E-state index < -0.39 is 0 Å².